The molecule has 0 spiro atoms. The molecule has 0 saturated heterocycles. The Morgan fingerprint density at radius 1 is 1.00 bits per heavy atom. The van der Waals surface area contributed by atoms with Gasteiger partial charge in [-0.3, -0.25) is 9.78 Å². The Bertz CT molecular complexity index is 1150. The van der Waals surface area contributed by atoms with Crippen molar-refractivity contribution in [2.45, 2.75) is 24.3 Å². The van der Waals surface area contributed by atoms with Gasteiger partial charge in [-0.15, -0.1) is 10.2 Å². The van der Waals surface area contributed by atoms with Crippen molar-refractivity contribution in [3.8, 4) is 11.5 Å². The monoisotopic (exact) mass is 416 g/mol. The summed E-state index contributed by atoms with van der Waals surface area (Å²) in [7, 11) is 0. The Labute approximate surface area is 178 Å². The molecule has 0 radical (unpaired) electrons. The maximum Gasteiger partial charge on any atom is 0.277 e. The van der Waals surface area contributed by atoms with Gasteiger partial charge < -0.3 is 9.73 Å². The molecule has 30 heavy (non-hydrogen) atoms. The largest absolute Gasteiger partial charge is 0.411 e. The molecule has 1 amide bonds. The molecule has 1 N–H and O–H groups in total. The van der Waals surface area contributed by atoms with Crippen LogP contribution in [0.15, 0.2) is 82.7 Å². The van der Waals surface area contributed by atoms with Gasteiger partial charge in [-0.25, -0.2) is 0 Å². The number of carbonyl (C=O) groups is 1. The summed E-state index contributed by atoms with van der Waals surface area (Å²) in [6.07, 6.45) is 3.33. The molecule has 2 heterocycles. The number of nitrogens with zero attached hydrogens (tertiary/aromatic N) is 3. The summed E-state index contributed by atoms with van der Waals surface area (Å²) in [6, 6.07) is 19.1. The van der Waals surface area contributed by atoms with Gasteiger partial charge in [-0.05, 0) is 60.5 Å². The van der Waals surface area contributed by atoms with Gasteiger partial charge in [0.1, 0.15) is 5.25 Å². The van der Waals surface area contributed by atoms with Crippen LogP contribution >= 0.6 is 11.8 Å². The number of rotatable bonds is 6. The number of anilines is 1. The normalized spacial score (nSPS) is 11.8. The summed E-state index contributed by atoms with van der Waals surface area (Å²) in [5.74, 6) is 0.241. The van der Waals surface area contributed by atoms with E-state index in [4.69, 9.17) is 4.42 Å². The van der Waals surface area contributed by atoms with Crippen molar-refractivity contribution in [1.29, 1.82) is 0 Å². The zero-order valence-electron chi connectivity index (χ0n) is 16.6. The van der Waals surface area contributed by atoms with Gasteiger partial charge in [0, 0.05) is 23.6 Å². The number of thioether (sulfide) groups is 1. The summed E-state index contributed by atoms with van der Waals surface area (Å²) in [5, 5.41) is 11.1. The van der Waals surface area contributed by atoms with Crippen LogP contribution in [0.2, 0.25) is 0 Å². The molecule has 2 aromatic carbocycles. The van der Waals surface area contributed by atoms with Crippen LogP contribution in [0, 0.1) is 13.8 Å². The van der Waals surface area contributed by atoms with E-state index in [9.17, 15) is 4.79 Å². The highest BCUT2D eigenvalue weighted by Crippen LogP contribution is 2.36. The van der Waals surface area contributed by atoms with Crippen LogP contribution in [0.3, 0.4) is 0 Å². The number of aromatic nitrogens is 3. The molecule has 0 fully saturated rings. The molecular weight excluding hydrogens is 396 g/mol. The Hall–Kier alpha value is -3.45. The molecule has 1 atom stereocenters. The zero-order valence-corrected chi connectivity index (χ0v) is 17.4. The number of benzene rings is 2. The molecule has 4 aromatic rings. The topological polar surface area (TPSA) is 80.9 Å². The molecule has 4 rings (SSSR count). The van der Waals surface area contributed by atoms with Gasteiger partial charge in [0.25, 0.3) is 5.22 Å². The van der Waals surface area contributed by atoms with Crippen LogP contribution in [-0.4, -0.2) is 21.1 Å². The van der Waals surface area contributed by atoms with E-state index in [2.05, 4.69) is 20.5 Å². The molecule has 150 valence electrons. The minimum Gasteiger partial charge on any atom is -0.411 e. The first-order valence-electron chi connectivity index (χ1n) is 9.44. The van der Waals surface area contributed by atoms with Crippen molar-refractivity contribution in [3.05, 3.63) is 89.7 Å². The lowest BCUT2D eigenvalue weighted by Gasteiger charge is -2.16. The zero-order chi connectivity index (χ0) is 20.9. The number of hydrogen-bond acceptors (Lipinski definition) is 6. The molecule has 6 nitrogen and oxygen atoms in total. The van der Waals surface area contributed by atoms with Crippen LogP contribution in [0.5, 0.6) is 0 Å². The first-order valence-corrected chi connectivity index (χ1v) is 10.3. The van der Waals surface area contributed by atoms with Crippen LogP contribution in [0.4, 0.5) is 5.69 Å². The maximum atomic E-state index is 13.2. The molecule has 0 saturated carbocycles. The number of aryl methyl sites for hydroxylation is 2. The lowest BCUT2D eigenvalue weighted by Crippen LogP contribution is -2.19. The quantitative estimate of drug-likeness (QED) is 0.434. The first kappa shape index (κ1) is 19.8. The fourth-order valence-electron chi connectivity index (χ4n) is 2.94. The van der Waals surface area contributed by atoms with Gasteiger partial charge in [-0.1, -0.05) is 42.5 Å². The number of pyridine rings is 1. The number of nitrogens with one attached hydrogen (secondary N) is 1. The standard InChI is InChI=1S/C23H20N4O2S/c1-15-8-9-16(2)19(14-15)25-21(28)20(17-6-4-3-5-7-17)30-23-27-26-22(29-23)18-10-12-24-13-11-18/h3-14,20H,1-2H3,(H,25,28). The molecule has 0 aliphatic rings. The molecule has 2 aromatic heterocycles. The summed E-state index contributed by atoms with van der Waals surface area (Å²) >= 11 is 1.23. The van der Waals surface area contributed by atoms with E-state index in [1.807, 2.05) is 62.4 Å². The smallest absolute Gasteiger partial charge is 0.277 e. The van der Waals surface area contributed by atoms with Gasteiger partial charge in [0.15, 0.2) is 0 Å². The molecule has 0 aliphatic heterocycles. The molecule has 7 heteroatoms. The predicted octanol–water partition coefficient (Wildman–Crippen LogP) is 5.22. The minimum absolute atomic E-state index is 0.149. The second-order valence-corrected chi connectivity index (χ2v) is 7.88. The summed E-state index contributed by atoms with van der Waals surface area (Å²) in [6.45, 7) is 3.97. The molecule has 1 unspecified atom stereocenters. The van der Waals surface area contributed by atoms with Gasteiger partial charge in [0.2, 0.25) is 11.8 Å². The minimum atomic E-state index is -0.545. The first-order chi connectivity index (χ1) is 14.6. The van der Waals surface area contributed by atoms with Crippen molar-refractivity contribution >= 4 is 23.4 Å². The third-order valence-electron chi connectivity index (χ3n) is 4.54. The van der Waals surface area contributed by atoms with Crippen LogP contribution in [-0.2, 0) is 4.79 Å². The second-order valence-electron chi connectivity index (χ2n) is 6.83. The average molecular weight is 417 g/mol. The Balaban J connectivity index is 1.60. The Morgan fingerprint density at radius 3 is 2.53 bits per heavy atom. The van der Waals surface area contributed by atoms with E-state index >= 15 is 0 Å². The second kappa shape index (κ2) is 8.92. The maximum absolute atomic E-state index is 13.2. The highest BCUT2D eigenvalue weighted by atomic mass is 32.2. The fourth-order valence-corrected chi connectivity index (χ4v) is 3.81. The van der Waals surface area contributed by atoms with Crippen molar-refractivity contribution in [3.63, 3.8) is 0 Å². The van der Waals surface area contributed by atoms with Crippen LogP contribution in [0.25, 0.3) is 11.5 Å². The third kappa shape index (κ3) is 4.58. The molecule has 0 aliphatic carbocycles. The van der Waals surface area contributed by atoms with E-state index in [1.165, 1.54) is 11.8 Å². The van der Waals surface area contributed by atoms with Crippen molar-refractivity contribution in [1.82, 2.24) is 15.2 Å². The molecular formula is C23H20N4O2S. The fraction of sp³-hybridized carbons (Fsp3) is 0.130. The van der Waals surface area contributed by atoms with E-state index in [0.717, 1.165) is 27.9 Å². The summed E-state index contributed by atoms with van der Waals surface area (Å²) in [5.41, 5.74) is 4.51. The van der Waals surface area contributed by atoms with Crippen LogP contribution in [0.1, 0.15) is 21.9 Å². The van der Waals surface area contributed by atoms with E-state index in [-0.39, 0.29) is 5.91 Å². The Morgan fingerprint density at radius 2 is 1.77 bits per heavy atom. The van der Waals surface area contributed by atoms with Crippen molar-refractivity contribution in [2.24, 2.45) is 0 Å². The average Bonchev–Trinajstić information content (AvgIpc) is 3.24. The molecule has 0 bridgehead atoms. The van der Waals surface area contributed by atoms with E-state index < -0.39 is 5.25 Å². The lowest BCUT2D eigenvalue weighted by molar-refractivity contribution is -0.115. The predicted molar refractivity (Wildman–Crippen MR) is 117 cm³/mol. The van der Waals surface area contributed by atoms with E-state index in [1.54, 1.807) is 24.5 Å². The van der Waals surface area contributed by atoms with Gasteiger partial charge in [0.05, 0.1) is 0 Å². The summed E-state index contributed by atoms with van der Waals surface area (Å²) in [4.78, 5) is 17.2. The van der Waals surface area contributed by atoms with Crippen molar-refractivity contribution in [2.75, 3.05) is 5.32 Å². The SMILES string of the molecule is Cc1ccc(C)c(NC(=O)C(Sc2nnc(-c3ccncc3)o2)c2ccccc2)c1. The highest BCUT2D eigenvalue weighted by Gasteiger charge is 2.25. The van der Waals surface area contributed by atoms with Gasteiger partial charge in [-0.2, -0.15) is 0 Å². The van der Waals surface area contributed by atoms with E-state index in [0.29, 0.717) is 11.1 Å². The lowest BCUT2D eigenvalue weighted by atomic mass is 10.1. The number of hydrogen-bond donors (Lipinski definition) is 1. The van der Waals surface area contributed by atoms with Crippen molar-refractivity contribution < 1.29 is 9.21 Å². The number of amides is 1. The third-order valence-corrected chi connectivity index (χ3v) is 5.63. The van der Waals surface area contributed by atoms with Crippen LogP contribution < -0.4 is 5.32 Å². The summed E-state index contributed by atoms with van der Waals surface area (Å²) < 4.78 is 5.80. The highest BCUT2D eigenvalue weighted by molar-refractivity contribution is 8.00. The Kier molecular flexibility index (Phi) is 5.90. The van der Waals surface area contributed by atoms with Gasteiger partial charge >= 0.3 is 0 Å². The number of carbonyl (C=O) groups excluding carboxylic acids is 1.